The lowest BCUT2D eigenvalue weighted by Crippen LogP contribution is -2.09. The minimum absolute atomic E-state index is 0.341. The molecule has 0 amide bonds. The van der Waals surface area contributed by atoms with Crippen LogP contribution in [0.4, 0.5) is 0 Å². The lowest BCUT2D eigenvalue weighted by Gasteiger charge is -2.07. The predicted molar refractivity (Wildman–Crippen MR) is 64.4 cm³/mol. The van der Waals surface area contributed by atoms with E-state index in [1.165, 1.54) is 0 Å². The summed E-state index contributed by atoms with van der Waals surface area (Å²) in [5.41, 5.74) is 0.783. The van der Waals surface area contributed by atoms with Gasteiger partial charge in [0.25, 0.3) is 0 Å². The SMILES string of the molecule is CN(C)Cc1cnc([C@@H](O)c2ccccc2)o1. The maximum Gasteiger partial charge on any atom is 0.227 e. The Balaban J connectivity index is 2.15. The van der Waals surface area contributed by atoms with Crippen molar-refractivity contribution >= 4 is 0 Å². The van der Waals surface area contributed by atoms with E-state index in [4.69, 9.17) is 4.42 Å². The number of rotatable bonds is 4. The standard InChI is InChI=1S/C13H16N2O2/c1-15(2)9-11-8-14-13(17-11)12(16)10-6-4-3-5-7-10/h3-8,12,16H,9H2,1-2H3/t12-/m0/s1. The van der Waals surface area contributed by atoms with Gasteiger partial charge in [-0.3, -0.25) is 0 Å². The molecule has 4 nitrogen and oxygen atoms in total. The van der Waals surface area contributed by atoms with Crippen LogP contribution in [0.1, 0.15) is 23.3 Å². The number of aromatic nitrogens is 1. The third-order valence-corrected chi connectivity index (χ3v) is 2.39. The Labute approximate surface area is 101 Å². The topological polar surface area (TPSA) is 49.5 Å². The summed E-state index contributed by atoms with van der Waals surface area (Å²) in [7, 11) is 3.91. The van der Waals surface area contributed by atoms with Crippen molar-refractivity contribution in [3.63, 3.8) is 0 Å². The van der Waals surface area contributed by atoms with Gasteiger partial charge in [0.1, 0.15) is 5.76 Å². The van der Waals surface area contributed by atoms with Crippen LogP contribution >= 0.6 is 0 Å². The van der Waals surface area contributed by atoms with E-state index in [0.717, 1.165) is 11.3 Å². The van der Waals surface area contributed by atoms with Gasteiger partial charge >= 0.3 is 0 Å². The maximum atomic E-state index is 10.1. The van der Waals surface area contributed by atoms with Crippen molar-refractivity contribution in [2.75, 3.05) is 14.1 Å². The molecule has 0 saturated carbocycles. The first-order valence-corrected chi connectivity index (χ1v) is 5.49. The van der Waals surface area contributed by atoms with Crippen LogP contribution in [0, 0.1) is 0 Å². The van der Waals surface area contributed by atoms with Gasteiger partial charge in [0.15, 0.2) is 6.10 Å². The molecule has 0 fully saturated rings. The number of hydrogen-bond donors (Lipinski definition) is 1. The first-order valence-electron chi connectivity index (χ1n) is 5.49. The average molecular weight is 232 g/mol. The summed E-state index contributed by atoms with van der Waals surface area (Å²) in [5.74, 6) is 1.09. The molecule has 4 heteroatoms. The van der Waals surface area contributed by atoms with Crippen molar-refractivity contribution in [3.8, 4) is 0 Å². The third-order valence-electron chi connectivity index (χ3n) is 2.39. The first kappa shape index (κ1) is 11.8. The van der Waals surface area contributed by atoms with Crippen LogP contribution in [0.15, 0.2) is 40.9 Å². The molecule has 17 heavy (non-hydrogen) atoms. The molecule has 0 bridgehead atoms. The van der Waals surface area contributed by atoms with Gasteiger partial charge < -0.3 is 14.4 Å². The number of aliphatic hydroxyl groups excluding tert-OH is 1. The van der Waals surface area contributed by atoms with E-state index in [9.17, 15) is 5.11 Å². The fraction of sp³-hybridized carbons (Fsp3) is 0.308. The average Bonchev–Trinajstić information content (AvgIpc) is 2.77. The molecule has 1 heterocycles. The molecule has 0 aliphatic rings. The number of nitrogens with zero attached hydrogens (tertiary/aromatic N) is 2. The Kier molecular flexibility index (Phi) is 3.56. The molecule has 0 radical (unpaired) electrons. The smallest absolute Gasteiger partial charge is 0.227 e. The first-order chi connectivity index (χ1) is 8.16. The largest absolute Gasteiger partial charge is 0.441 e. The highest BCUT2D eigenvalue weighted by Crippen LogP contribution is 2.21. The summed E-state index contributed by atoms with van der Waals surface area (Å²) in [6.45, 7) is 0.675. The molecule has 0 saturated heterocycles. The highest BCUT2D eigenvalue weighted by molar-refractivity contribution is 5.21. The van der Waals surface area contributed by atoms with Gasteiger partial charge in [-0.05, 0) is 19.7 Å². The summed E-state index contributed by atoms with van der Waals surface area (Å²) in [4.78, 5) is 6.09. The van der Waals surface area contributed by atoms with Gasteiger partial charge in [0.2, 0.25) is 5.89 Å². The molecule has 2 aromatic rings. The minimum atomic E-state index is -0.799. The second-order valence-corrected chi connectivity index (χ2v) is 4.22. The van der Waals surface area contributed by atoms with E-state index in [2.05, 4.69) is 4.98 Å². The van der Waals surface area contributed by atoms with Crippen LogP contribution in [-0.2, 0) is 6.54 Å². The lowest BCUT2D eigenvalue weighted by molar-refractivity contribution is 0.177. The highest BCUT2D eigenvalue weighted by atomic mass is 16.4. The van der Waals surface area contributed by atoms with Crippen molar-refractivity contribution < 1.29 is 9.52 Å². The zero-order chi connectivity index (χ0) is 12.3. The van der Waals surface area contributed by atoms with Crippen LogP contribution < -0.4 is 0 Å². The molecule has 1 atom stereocenters. The van der Waals surface area contributed by atoms with E-state index in [1.807, 2.05) is 49.3 Å². The van der Waals surface area contributed by atoms with E-state index in [1.54, 1.807) is 6.20 Å². The predicted octanol–water partition coefficient (Wildman–Crippen LogP) is 1.82. The second kappa shape index (κ2) is 5.12. The van der Waals surface area contributed by atoms with Crippen LogP contribution in [-0.4, -0.2) is 29.1 Å². The summed E-state index contributed by atoms with van der Waals surface area (Å²) in [5, 5.41) is 10.1. The monoisotopic (exact) mass is 232 g/mol. The highest BCUT2D eigenvalue weighted by Gasteiger charge is 2.16. The molecule has 1 aromatic carbocycles. The van der Waals surface area contributed by atoms with Crippen molar-refractivity contribution in [3.05, 3.63) is 53.7 Å². The van der Waals surface area contributed by atoms with Crippen molar-refractivity contribution in [2.45, 2.75) is 12.6 Å². The second-order valence-electron chi connectivity index (χ2n) is 4.22. The molecule has 0 unspecified atom stereocenters. The molecule has 90 valence electrons. The van der Waals surface area contributed by atoms with E-state index in [0.29, 0.717) is 12.4 Å². The summed E-state index contributed by atoms with van der Waals surface area (Å²) in [6.07, 6.45) is 0.855. The van der Waals surface area contributed by atoms with Crippen LogP contribution in [0.2, 0.25) is 0 Å². The van der Waals surface area contributed by atoms with Gasteiger partial charge in [-0.25, -0.2) is 4.98 Å². The Hall–Kier alpha value is -1.65. The Morgan fingerprint density at radius 2 is 2.00 bits per heavy atom. The normalized spacial score (nSPS) is 12.9. The fourth-order valence-corrected chi connectivity index (χ4v) is 1.61. The fourth-order valence-electron chi connectivity index (χ4n) is 1.61. The quantitative estimate of drug-likeness (QED) is 0.873. The summed E-state index contributed by atoms with van der Waals surface area (Å²) < 4.78 is 5.51. The van der Waals surface area contributed by atoms with Gasteiger partial charge in [-0.2, -0.15) is 0 Å². The Morgan fingerprint density at radius 1 is 1.29 bits per heavy atom. The zero-order valence-corrected chi connectivity index (χ0v) is 10.00. The molecule has 0 aliphatic carbocycles. The Bertz CT molecular complexity index is 465. The van der Waals surface area contributed by atoms with Crippen LogP contribution in [0.25, 0.3) is 0 Å². The molecule has 0 aliphatic heterocycles. The van der Waals surface area contributed by atoms with Crippen LogP contribution in [0.5, 0.6) is 0 Å². The molecular formula is C13H16N2O2. The Morgan fingerprint density at radius 3 is 2.65 bits per heavy atom. The number of aliphatic hydroxyl groups is 1. The number of benzene rings is 1. The van der Waals surface area contributed by atoms with Crippen LogP contribution in [0.3, 0.4) is 0 Å². The van der Waals surface area contributed by atoms with E-state index in [-0.39, 0.29) is 0 Å². The van der Waals surface area contributed by atoms with Gasteiger partial charge in [0, 0.05) is 0 Å². The molecule has 0 spiro atoms. The van der Waals surface area contributed by atoms with Crippen molar-refractivity contribution in [1.82, 2.24) is 9.88 Å². The number of hydrogen-bond acceptors (Lipinski definition) is 4. The summed E-state index contributed by atoms with van der Waals surface area (Å²) >= 11 is 0. The number of oxazole rings is 1. The van der Waals surface area contributed by atoms with Gasteiger partial charge in [0.05, 0.1) is 12.7 Å². The van der Waals surface area contributed by atoms with Crippen molar-refractivity contribution in [2.24, 2.45) is 0 Å². The summed E-state index contributed by atoms with van der Waals surface area (Å²) in [6, 6.07) is 9.36. The lowest BCUT2D eigenvalue weighted by atomic mass is 10.1. The molecule has 2 rings (SSSR count). The van der Waals surface area contributed by atoms with Gasteiger partial charge in [-0.1, -0.05) is 30.3 Å². The van der Waals surface area contributed by atoms with Gasteiger partial charge in [-0.15, -0.1) is 0 Å². The van der Waals surface area contributed by atoms with Crippen molar-refractivity contribution in [1.29, 1.82) is 0 Å². The third kappa shape index (κ3) is 2.93. The minimum Gasteiger partial charge on any atom is -0.441 e. The zero-order valence-electron chi connectivity index (χ0n) is 10.00. The molecule has 1 N–H and O–H groups in total. The molecule has 1 aromatic heterocycles. The van der Waals surface area contributed by atoms with E-state index < -0.39 is 6.10 Å². The maximum absolute atomic E-state index is 10.1. The molecular weight excluding hydrogens is 216 g/mol. The van der Waals surface area contributed by atoms with E-state index >= 15 is 0 Å².